The van der Waals surface area contributed by atoms with Crippen molar-refractivity contribution in [2.24, 2.45) is 0 Å². The molecule has 4 rings (SSSR count). The Bertz CT molecular complexity index is 1050. The van der Waals surface area contributed by atoms with Crippen LogP contribution in [0, 0.1) is 20.8 Å². The third-order valence-electron chi connectivity index (χ3n) is 5.88. The molecule has 2 atom stereocenters. The van der Waals surface area contributed by atoms with Gasteiger partial charge in [0.2, 0.25) is 0 Å². The number of rotatable bonds is 6. The molecule has 1 aliphatic rings. The van der Waals surface area contributed by atoms with Crippen LogP contribution < -0.4 is 5.32 Å². The number of thiocarbonyl (C=S) groups is 1. The maximum absolute atomic E-state index is 5.73. The van der Waals surface area contributed by atoms with Crippen molar-refractivity contribution in [2.45, 2.75) is 32.9 Å². The fourth-order valence-electron chi connectivity index (χ4n) is 4.45. The fourth-order valence-corrected chi connectivity index (χ4v) is 4.78. The van der Waals surface area contributed by atoms with Crippen LogP contribution in [0.4, 0.5) is 0 Å². The molecular weight excluding hydrogens is 392 g/mol. The topological polar surface area (TPSA) is 42.3 Å². The van der Waals surface area contributed by atoms with Crippen molar-refractivity contribution in [3.8, 4) is 5.69 Å². The molecule has 0 spiro atoms. The van der Waals surface area contributed by atoms with Crippen LogP contribution >= 0.6 is 12.2 Å². The molecule has 1 fully saturated rings. The van der Waals surface area contributed by atoms with Gasteiger partial charge in [-0.1, -0.05) is 24.3 Å². The first-order valence-corrected chi connectivity index (χ1v) is 10.7. The van der Waals surface area contributed by atoms with E-state index < -0.39 is 0 Å². The van der Waals surface area contributed by atoms with Gasteiger partial charge in [-0.05, 0) is 68.4 Å². The molecule has 0 bridgehead atoms. The highest BCUT2D eigenvalue weighted by Gasteiger charge is 2.41. The van der Waals surface area contributed by atoms with Crippen LogP contribution in [0.5, 0.6) is 0 Å². The summed E-state index contributed by atoms with van der Waals surface area (Å²) in [5.41, 5.74) is 7.15. The van der Waals surface area contributed by atoms with Gasteiger partial charge >= 0.3 is 0 Å². The van der Waals surface area contributed by atoms with Crippen molar-refractivity contribution in [3.63, 3.8) is 0 Å². The number of nitrogens with one attached hydrogen (secondary N) is 1. The van der Waals surface area contributed by atoms with Gasteiger partial charge in [-0.2, -0.15) is 0 Å². The second kappa shape index (κ2) is 8.58. The lowest BCUT2D eigenvalue weighted by molar-refractivity contribution is 0.164. The zero-order valence-corrected chi connectivity index (χ0v) is 18.7. The van der Waals surface area contributed by atoms with Gasteiger partial charge in [0.05, 0.1) is 24.4 Å². The molecule has 30 heavy (non-hydrogen) atoms. The summed E-state index contributed by atoms with van der Waals surface area (Å²) in [5, 5.41) is 4.26. The Morgan fingerprint density at radius 3 is 2.57 bits per heavy atom. The molecule has 1 aromatic carbocycles. The first-order chi connectivity index (χ1) is 14.5. The fraction of sp³-hybridized carbons (Fsp3) is 0.333. The predicted molar refractivity (Wildman–Crippen MR) is 124 cm³/mol. The first-order valence-electron chi connectivity index (χ1n) is 10.2. The largest absolute Gasteiger partial charge is 0.383 e. The van der Waals surface area contributed by atoms with Crippen LogP contribution in [0.25, 0.3) is 5.69 Å². The number of para-hydroxylation sites is 1. The number of nitrogens with zero attached hydrogens (tertiary/aromatic N) is 3. The number of methoxy groups -OCH3 is 1. The molecule has 0 radical (unpaired) electrons. The summed E-state index contributed by atoms with van der Waals surface area (Å²) >= 11 is 5.73. The van der Waals surface area contributed by atoms with Crippen molar-refractivity contribution < 1.29 is 4.74 Å². The van der Waals surface area contributed by atoms with Gasteiger partial charge in [-0.25, -0.2) is 0 Å². The van der Waals surface area contributed by atoms with Gasteiger partial charge in [0.25, 0.3) is 0 Å². The maximum Gasteiger partial charge on any atom is 0.170 e. The van der Waals surface area contributed by atoms with Crippen molar-refractivity contribution in [3.05, 3.63) is 82.9 Å². The Morgan fingerprint density at radius 2 is 1.87 bits per heavy atom. The minimum absolute atomic E-state index is 0.0126. The highest BCUT2D eigenvalue weighted by atomic mass is 32.1. The molecule has 1 N–H and O–H groups in total. The molecule has 0 amide bonds. The summed E-state index contributed by atoms with van der Waals surface area (Å²) in [6.45, 7) is 7.86. The lowest BCUT2D eigenvalue weighted by Crippen LogP contribution is -2.32. The number of benzene rings is 1. The number of pyridine rings is 1. The summed E-state index contributed by atoms with van der Waals surface area (Å²) in [4.78, 5) is 6.87. The normalized spacial score (nSPS) is 18.7. The van der Waals surface area contributed by atoms with E-state index in [1.165, 1.54) is 28.2 Å². The lowest BCUT2D eigenvalue weighted by atomic mass is 9.97. The lowest BCUT2D eigenvalue weighted by Gasteiger charge is -2.28. The highest BCUT2D eigenvalue weighted by molar-refractivity contribution is 7.80. The maximum atomic E-state index is 5.73. The molecule has 3 heterocycles. The van der Waals surface area contributed by atoms with E-state index in [4.69, 9.17) is 17.0 Å². The first kappa shape index (κ1) is 20.6. The number of hydrogen-bond acceptors (Lipinski definition) is 3. The van der Waals surface area contributed by atoms with E-state index in [9.17, 15) is 0 Å². The van der Waals surface area contributed by atoms with Gasteiger partial charge in [-0.15, -0.1) is 0 Å². The predicted octanol–water partition coefficient (Wildman–Crippen LogP) is 4.42. The van der Waals surface area contributed by atoms with Crippen molar-refractivity contribution in [1.82, 2.24) is 19.8 Å². The van der Waals surface area contributed by atoms with Crippen LogP contribution in [-0.4, -0.2) is 39.8 Å². The summed E-state index contributed by atoms with van der Waals surface area (Å²) in [7, 11) is 1.72. The molecule has 0 aliphatic carbocycles. The zero-order chi connectivity index (χ0) is 21.3. The van der Waals surface area contributed by atoms with E-state index in [0.717, 1.165) is 17.4 Å². The molecule has 0 saturated carbocycles. The number of aryl methyl sites for hydroxylation is 2. The molecule has 1 saturated heterocycles. The zero-order valence-electron chi connectivity index (χ0n) is 17.9. The summed E-state index contributed by atoms with van der Waals surface area (Å²) < 4.78 is 7.71. The molecule has 6 heteroatoms. The van der Waals surface area contributed by atoms with Gasteiger partial charge in [0.15, 0.2) is 5.11 Å². The average Bonchev–Trinajstić information content (AvgIpc) is 3.23. The summed E-state index contributed by atoms with van der Waals surface area (Å²) in [5.74, 6) is 0. The van der Waals surface area contributed by atoms with E-state index in [1.807, 2.05) is 18.3 Å². The van der Waals surface area contributed by atoms with E-state index in [-0.39, 0.29) is 12.1 Å². The van der Waals surface area contributed by atoms with Crippen molar-refractivity contribution >= 4 is 17.3 Å². The van der Waals surface area contributed by atoms with Gasteiger partial charge in [-0.3, -0.25) is 4.98 Å². The number of hydrogen-bond donors (Lipinski definition) is 1. The number of aromatic nitrogens is 2. The Kier molecular flexibility index (Phi) is 5.88. The quantitative estimate of drug-likeness (QED) is 0.598. The minimum atomic E-state index is -0.0126. The van der Waals surface area contributed by atoms with Crippen LogP contribution in [0.2, 0.25) is 0 Å². The molecular formula is C24H28N4OS. The molecule has 2 aromatic heterocycles. The SMILES string of the molecule is COCCN1C(=S)NC(c2ccccn2)C1c1cc(C)n(-c2ccccc2C)c1C. The average molecular weight is 421 g/mol. The van der Waals surface area contributed by atoms with Gasteiger partial charge < -0.3 is 19.5 Å². The highest BCUT2D eigenvalue weighted by Crippen LogP contribution is 2.41. The van der Waals surface area contributed by atoms with Crippen LogP contribution in [0.15, 0.2) is 54.7 Å². The van der Waals surface area contributed by atoms with Crippen molar-refractivity contribution in [1.29, 1.82) is 0 Å². The second-order valence-electron chi connectivity index (χ2n) is 7.76. The molecule has 156 valence electrons. The van der Waals surface area contributed by atoms with Crippen LogP contribution in [0.1, 0.15) is 40.3 Å². The second-order valence-corrected chi connectivity index (χ2v) is 8.15. The third-order valence-corrected chi connectivity index (χ3v) is 6.23. The minimum Gasteiger partial charge on any atom is -0.383 e. The molecule has 1 aliphatic heterocycles. The van der Waals surface area contributed by atoms with E-state index in [0.29, 0.717) is 6.61 Å². The smallest absolute Gasteiger partial charge is 0.170 e. The Morgan fingerprint density at radius 1 is 1.10 bits per heavy atom. The Hall–Kier alpha value is -2.70. The standard InChI is InChI=1S/C24H28N4OS/c1-16-9-5-6-11-21(16)28-17(2)15-19(18(28)3)23-22(20-10-7-8-12-25-20)26-24(30)27(23)13-14-29-4/h5-12,15,22-23H,13-14H2,1-4H3,(H,26,30). The van der Waals surface area contributed by atoms with Crippen LogP contribution in [-0.2, 0) is 4.74 Å². The van der Waals surface area contributed by atoms with E-state index in [2.05, 4.69) is 76.9 Å². The Labute approximate surface area is 183 Å². The summed E-state index contributed by atoms with van der Waals surface area (Å²) in [6, 6.07) is 16.9. The van der Waals surface area contributed by atoms with Crippen LogP contribution in [0.3, 0.4) is 0 Å². The summed E-state index contributed by atoms with van der Waals surface area (Å²) in [6.07, 6.45) is 1.84. The molecule has 2 unspecified atom stereocenters. The monoisotopic (exact) mass is 420 g/mol. The Balaban J connectivity index is 1.83. The van der Waals surface area contributed by atoms with E-state index >= 15 is 0 Å². The van der Waals surface area contributed by atoms with E-state index in [1.54, 1.807) is 7.11 Å². The third kappa shape index (κ3) is 3.61. The van der Waals surface area contributed by atoms with Crippen molar-refractivity contribution in [2.75, 3.05) is 20.3 Å². The van der Waals surface area contributed by atoms with Gasteiger partial charge in [0, 0.05) is 36.9 Å². The molecule has 5 nitrogen and oxygen atoms in total. The molecule has 3 aromatic rings. The van der Waals surface area contributed by atoms with Gasteiger partial charge in [0.1, 0.15) is 0 Å². The number of ether oxygens (including phenoxy) is 1.